The lowest BCUT2D eigenvalue weighted by Gasteiger charge is -2.37. The molecule has 0 aromatic carbocycles. The van der Waals surface area contributed by atoms with Gasteiger partial charge in [0.05, 0.1) is 22.3 Å². The number of rotatable bonds is 8. The minimum absolute atomic E-state index is 0.0151. The van der Waals surface area contributed by atoms with E-state index in [4.69, 9.17) is 9.47 Å². The van der Waals surface area contributed by atoms with Crippen LogP contribution in [0.4, 0.5) is 0 Å². The molecular formula is C23H28N4O6S2. The van der Waals surface area contributed by atoms with Crippen molar-refractivity contribution in [2.75, 3.05) is 0 Å². The number of hydrogen-bond donors (Lipinski definition) is 0. The van der Waals surface area contributed by atoms with Crippen LogP contribution in [0.5, 0.6) is 17.5 Å². The van der Waals surface area contributed by atoms with Crippen molar-refractivity contribution in [3.05, 3.63) is 30.2 Å². The van der Waals surface area contributed by atoms with E-state index in [1.165, 1.54) is 18.6 Å². The third-order valence-electron chi connectivity index (χ3n) is 7.31. The molecule has 0 spiro atoms. The van der Waals surface area contributed by atoms with E-state index in [0.717, 1.165) is 25.7 Å². The lowest BCUT2D eigenvalue weighted by Crippen LogP contribution is -2.50. The Morgan fingerprint density at radius 1 is 0.857 bits per heavy atom. The highest BCUT2D eigenvalue weighted by Crippen LogP contribution is 2.44. The average Bonchev–Trinajstić information content (AvgIpc) is 3.73. The summed E-state index contributed by atoms with van der Waals surface area (Å²) in [5.74, 6) is 1.06. The zero-order valence-corrected chi connectivity index (χ0v) is 21.0. The van der Waals surface area contributed by atoms with Gasteiger partial charge >= 0.3 is 0 Å². The maximum Gasteiger partial charge on any atom is 0.229 e. The van der Waals surface area contributed by atoms with Crippen LogP contribution in [0.15, 0.2) is 29.7 Å². The van der Waals surface area contributed by atoms with E-state index in [9.17, 15) is 16.8 Å². The van der Waals surface area contributed by atoms with Gasteiger partial charge in [0.25, 0.3) is 0 Å². The summed E-state index contributed by atoms with van der Waals surface area (Å²) in [6.07, 6.45) is 8.54. The molecular weight excluding hydrogens is 492 g/mol. The molecule has 2 aliphatic heterocycles. The molecule has 2 bridgehead atoms. The van der Waals surface area contributed by atoms with E-state index in [2.05, 4.69) is 15.0 Å². The largest absolute Gasteiger partial charge is 0.474 e. The van der Waals surface area contributed by atoms with Gasteiger partial charge in [0.2, 0.25) is 21.8 Å². The second kappa shape index (κ2) is 8.38. The first-order valence-electron chi connectivity index (χ1n) is 12.1. The van der Waals surface area contributed by atoms with Crippen molar-refractivity contribution in [1.82, 2.24) is 19.3 Å². The molecule has 4 fully saturated rings. The number of aromatic nitrogens is 3. The Morgan fingerprint density at radius 2 is 1.51 bits per heavy atom. The number of ether oxygens (including phenoxy) is 2. The van der Waals surface area contributed by atoms with E-state index in [0.29, 0.717) is 48.8 Å². The fourth-order valence-electron chi connectivity index (χ4n) is 5.19. The van der Waals surface area contributed by atoms with Crippen molar-refractivity contribution in [2.45, 2.75) is 92.0 Å². The SMILES string of the molecule is Cc1c(Oc2ccc(S(=O)(=O)C3CC3)nc2)ncnc1OC1CC2CC[C@@H](C1)N2S(=O)(=O)C1CC1. The van der Waals surface area contributed by atoms with Gasteiger partial charge in [-0.1, -0.05) is 0 Å². The fourth-order valence-corrected chi connectivity index (χ4v) is 9.03. The van der Waals surface area contributed by atoms with E-state index >= 15 is 0 Å². The van der Waals surface area contributed by atoms with Crippen molar-refractivity contribution in [3.63, 3.8) is 0 Å². The number of sulfonamides is 1. The summed E-state index contributed by atoms with van der Waals surface area (Å²) in [7, 11) is -6.55. The normalized spacial score (nSPS) is 27.1. The van der Waals surface area contributed by atoms with Gasteiger partial charge in [-0.05, 0) is 57.6 Å². The highest BCUT2D eigenvalue weighted by Gasteiger charge is 2.52. The molecule has 10 nitrogen and oxygen atoms in total. The van der Waals surface area contributed by atoms with Gasteiger partial charge in [0.15, 0.2) is 14.9 Å². The number of sulfone groups is 1. The quantitative estimate of drug-likeness (QED) is 0.516. The summed E-state index contributed by atoms with van der Waals surface area (Å²) in [6, 6.07) is 2.99. The van der Waals surface area contributed by atoms with Crippen LogP contribution in [0.25, 0.3) is 0 Å². The molecule has 6 rings (SSSR count). The number of piperidine rings is 1. The van der Waals surface area contributed by atoms with Crippen molar-refractivity contribution in [1.29, 1.82) is 0 Å². The molecule has 35 heavy (non-hydrogen) atoms. The summed E-state index contributed by atoms with van der Waals surface area (Å²) in [4.78, 5) is 12.6. The molecule has 4 heterocycles. The fraction of sp³-hybridized carbons (Fsp3) is 0.609. The highest BCUT2D eigenvalue weighted by atomic mass is 32.2. The van der Waals surface area contributed by atoms with Crippen LogP contribution in [0.2, 0.25) is 0 Å². The van der Waals surface area contributed by atoms with E-state index in [-0.39, 0.29) is 33.7 Å². The van der Waals surface area contributed by atoms with Crippen molar-refractivity contribution >= 4 is 19.9 Å². The van der Waals surface area contributed by atoms with Crippen molar-refractivity contribution in [3.8, 4) is 17.5 Å². The Labute approximate surface area is 205 Å². The van der Waals surface area contributed by atoms with Crippen LogP contribution in [-0.2, 0) is 19.9 Å². The van der Waals surface area contributed by atoms with Gasteiger partial charge in [0.1, 0.15) is 18.2 Å². The van der Waals surface area contributed by atoms with Crippen LogP contribution in [0.1, 0.15) is 56.9 Å². The van der Waals surface area contributed by atoms with Crippen LogP contribution in [-0.4, -0.2) is 64.8 Å². The molecule has 12 heteroatoms. The molecule has 0 amide bonds. The van der Waals surface area contributed by atoms with Crippen LogP contribution < -0.4 is 9.47 Å². The molecule has 3 atom stereocenters. The molecule has 0 radical (unpaired) electrons. The van der Waals surface area contributed by atoms with Crippen LogP contribution in [0.3, 0.4) is 0 Å². The first-order chi connectivity index (χ1) is 16.7. The van der Waals surface area contributed by atoms with Gasteiger partial charge < -0.3 is 9.47 Å². The van der Waals surface area contributed by atoms with E-state index in [1.807, 2.05) is 0 Å². The predicted molar refractivity (Wildman–Crippen MR) is 126 cm³/mol. The topological polar surface area (TPSA) is 129 Å². The third-order valence-corrected chi connectivity index (χ3v) is 12.0. The first-order valence-corrected chi connectivity index (χ1v) is 15.2. The Hall–Kier alpha value is -2.31. The third kappa shape index (κ3) is 4.29. The van der Waals surface area contributed by atoms with Gasteiger partial charge in [0, 0.05) is 24.9 Å². The molecule has 2 saturated carbocycles. The lowest BCUT2D eigenvalue weighted by molar-refractivity contribution is 0.0906. The maximum atomic E-state index is 12.9. The molecule has 2 saturated heterocycles. The minimum Gasteiger partial charge on any atom is -0.474 e. The number of pyridine rings is 1. The highest BCUT2D eigenvalue weighted by molar-refractivity contribution is 7.92. The lowest BCUT2D eigenvalue weighted by atomic mass is 10.0. The smallest absolute Gasteiger partial charge is 0.229 e. The predicted octanol–water partition coefficient (Wildman–Crippen LogP) is 2.77. The Kier molecular flexibility index (Phi) is 5.53. The number of fused-ring (bicyclic) bond motifs is 2. The van der Waals surface area contributed by atoms with Crippen molar-refractivity contribution in [2.24, 2.45) is 0 Å². The average molecular weight is 521 g/mol. The van der Waals surface area contributed by atoms with Gasteiger partial charge in [-0.25, -0.2) is 31.8 Å². The van der Waals surface area contributed by atoms with Crippen LogP contribution in [0, 0.1) is 6.92 Å². The summed E-state index contributed by atoms with van der Waals surface area (Å²) in [6.45, 7) is 1.80. The maximum absolute atomic E-state index is 12.9. The van der Waals surface area contributed by atoms with Gasteiger partial charge in [-0.3, -0.25) is 0 Å². The molecule has 2 aromatic rings. The zero-order valence-electron chi connectivity index (χ0n) is 19.4. The molecule has 2 aromatic heterocycles. The Balaban J connectivity index is 1.14. The molecule has 4 aliphatic rings. The monoisotopic (exact) mass is 520 g/mol. The summed E-state index contributed by atoms with van der Waals surface area (Å²) < 4.78 is 64.3. The summed E-state index contributed by atoms with van der Waals surface area (Å²) in [5.41, 5.74) is 0.613. The standard InChI is InChI=1S/C23H28N4O6S2/c1-14-22(32-17-4-9-21(24-12-17)34(28,29)19-5-6-19)25-13-26-23(14)33-18-10-15-2-3-16(11-18)27(15)35(30,31)20-7-8-20/h4,9,12-13,15-16,18-20H,2-3,5-8,10-11H2,1H3/t15-,16?,18?/m0/s1. The first kappa shape index (κ1) is 23.1. The number of hydrogen-bond acceptors (Lipinski definition) is 9. The zero-order chi connectivity index (χ0) is 24.4. The second-order valence-electron chi connectivity index (χ2n) is 9.96. The Morgan fingerprint density at radius 3 is 2.11 bits per heavy atom. The van der Waals surface area contributed by atoms with Crippen molar-refractivity contribution < 1.29 is 26.3 Å². The summed E-state index contributed by atoms with van der Waals surface area (Å²) >= 11 is 0. The number of nitrogens with zero attached hydrogens (tertiary/aromatic N) is 4. The molecule has 2 unspecified atom stereocenters. The van der Waals surface area contributed by atoms with E-state index < -0.39 is 19.9 Å². The van der Waals surface area contributed by atoms with Gasteiger partial charge in [-0.2, -0.15) is 4.31 Å². The molecule has 2 aliphatic carbocycles. The molecule has 0 N–H and O–H groups in total. The second-order valence-corrected chi connectivity index (χ2v) is 14.3. The van der Waals surface area contributed by atoms with Crippen LogP contribution >= 0.6 is 0 Å². The minimum atomic E-state index is -3.36. The summed E-state index contributed by atoms with van der Waals surface area (Å²) in [5, 5.41) is -0.453. The Bertz CT molecular complexity index is 1330. The van der Waals surface area contributed by atoms with E-state index in [1.54, 1.807) is 17.3 Å². The van der Waals surface area contributed by atoms with Gasteiger partial charge in [-0.15, -0.1) is 0 Å². The molecule has 188 valence electrons.